The zero-order valence-corrected chi connectivity index (χ0v) is 12.8. The molecule has 0 aliphatic carbocycles. The summed E-state index contributed by atoms with van der Waals surface area (Å²) in [7, 11) is 2.82. The van der Waals surface area contributed by atoms with Gasteiger partial charge in [-0.1, -0.05) is 12.1 Å². The van der Waals surface area contributed by atoms with Gasteiger partial charge in [-0.05, 0) is 17.7 Å². The van der Waals surface area contributed by atoms with E-state index < -0.39 is 5.97 Å². The molecule has 0 atom stereocenters. The van der Waals surface area contributed by atoms with Crippen LogP contribution in [0.3, 0.4) is 0 Å². The summed E-state index contributed by atoms with van der Waals surface area (Å²) in [6.07, 6.45) is 1.74. The molecular weight excluding hydrogens is 296 g/mol. The highest BCUT2D eigenvalue weighted by atomic mass is 16.5. The van der Waals surface area contributed by atoms with Gasteiger partial charge in [-0.2, -0.15) is 5.26 Å². The number of nitrogen functional groups attached to an aromatic ring is 1. The Morgan fingerprint density at radius 1 is 1.35 bits per heavy atom. The maximum atomic E-state index is 11.9. The number of carbonyl (C=O) groups excluding carboxylic acids is 2. The molecule has 0 saturated heterocycles. The van der Waals surface area contributed by atoms with Crippen molar-refractivity contribution in [2.24, 2.45) is 0 Å². The lowest BCUT2D eigenvalue weighted by Gasteiger charge is -2.09. The molecule has 3 N–H and O–H groups in total. The van der Waals surface area contributed by atoms with Crippen LogP contribution < -0.4 is 11.1 Å². The van der Waals surface area contributed by atoms with Crippen LogP contribution in [0.25, 0.3) is 5.69 Å². The highest BCUT2D eigenvalue weighted by Crippen LogP contribution is 2.24. The van der Waals surface area contributed by atoms with Gasteiger partial charge < -0.3 is 20.4 Å². The first kappa shape index (κ1) is 16.1. The van der Waals surface area contributed by atoms with Crippen LogP contribution in [0.4, 0.5) is 5.69 Å². The fourth-order valence-electron chi connectivity index (χ4n) is 2.17. The van der Waals surface area contributed by atoms with E-state index in [1.807, 2.05) is 6.07 Å². The number of nitrogens with zero attached hydrogens (tertiary/aromatic N) is 2. The molecule has 0 radical (unpaired) electrons. The standard InChI is InChI=1S/C16H16N4O3/c1-19-13(21)7-10-3-5-12(6-4-10)20-9-11(8-17)14(18)15(20)16(22)23-2/h3-6,9H,7,18H2,1-2H3,(H,19,21). The summed E-state index contributed by atoms with van der Waals surface area (Å²) in [4.78, 5) is 23.3. The molecule has 118 valence electrons. The first-order chi connectivity index (χ1) is 11.0. The number of nitrogens with two attached hydrogens (primary N) is 1. The number of carbonyl (C=O) groups is 2. The number of ether oxygens (including phenoxy) is 1. The fraction of sp³-hybridized carbons (Fsp3) is 0.188. The third-order valence-electron chi connectivity index (χ3n) is 3.40. The van der Waals surface area contributed by atoms with Gasteiger partial charge in [0.15, 0.2) is 5.69 Å². The summed E-state index contributed by atoms with van der Waals surface area (Å²) in [5.41, 5.74) is 7.68. The van der Waals surface area contributed by atoms with Crippen LogP contribution in [0.5, 0.6) is 0 Å². The lowest BCUT2D eigenvalue weighted by atomic mass is 10.1. The smallest absolute Gasteiger partial charge is 0.357 e. The van der Waals surface area contributed by atoms with Gasteiger partial charge in [0.2, 0.25) is 5.91 Å². The Balaban J connectivity index is 2.44. The second kappa shape index (κ2) is 6.66. The quantitative estimate of drug-likeness (QED) is 0.819. The number of benzene rings is 1. The van der Waals surface area contributed by atoms with Gasteiger partial charge in [0.05, 0.1) is 24.8 Å². The van der Waals surface area contributed by atoms with E-state index in [4.69, 9.17) is 15.7 Å². The molecular formula is C16H16N4O3. The normalized spacial score (nSPS) is 9.96. The molecule has 23 heavy (non-hydrogen) atoms. The number of rotatable bonds is 4. The molecule has 2 aromatic rings. The molecule has 0 saturated carbocycles. The average molecular weight is 312 g/mol. The molecule has 1 aromatic carbocycles. The van der Waals surface area contributed by atoms with E-state index in [0.717, 1.165) is 5.56 Å². The largest absolute Gasteiger partial charge is 0.464 e. The molecule has 1 aromatic heterocycles. The fourth-order valence-corrected chi connectivity index (χ4v) is 2.17. The molecule has 1 heterocycles. The maximum Gasteiger partial charge on any atom is 0.357 e. The van der Waals surface area contributed by atoms with Gasteiger partial charge in [0.1, 0.15) is 6.07 Å². The number of amides is 1. The lowest BCUT2D eigenvalue weighted by Crippen LogP contribution is -2.19. The minimum Gasteiger partial charge on any atom is -0.464 e. The first-order valence-electron chi connectivity index (χ1n) is 6.81. The molecule has 0 unspecified atom stereocenters. The topological polar surface area (TPSA) is 110 Å². The summed E-state index contributed by atoms with van der Waals surface area (Å²) >= 11 is 0. The van der Waals surface area contributed by atoms with Gasteiger partial charge >= 0.3 is 5.97 Å². The van der Waals surface area contributed by atoms with Crippen molar-refractivity contribution in [1.29, 1.82) is 5.26 Å². The van der Waals surface area contributed by atoms with Crippen LogP contribution in [0.2, 0.25) is 0 Å². The van der Waals surface area contributed by atoms with Crippen LogP contribution in [0.15, 0.2) is 30.5 Å². The summed E-state index contributed by atoms with van der Waals surface area (Å²) in [6, 6.07) is 8.97. The van der Waals surface area contributed by atoms with Gasteiger partial charge in [-0.3, -0.25) is 4.79 Å². The van der Waals surface area contributed by atoms with Gasteiger partial charge in [-0.25, -0.2) is 4.79 Å². The highest BCUT2D eigenvalue weighted by Gasteiger charge is 2.21. The Kier molecular flexibility index (Phi) is 4.66. The molecule has 0 fully saturated rings. The number of anilines is 1. The van der Waals surface area contributed by atoms with Crippen LogP contribution in [-0.2, 0) is 16.0 Å². The summed E-state index contributed by atoms with van der Waals surface area (Å²) in [5.74, 6) is -0.719. The molecule has 2 rings (SSSR count). The molecule has 0 aliphatic rings. The average Bonchev–Trinajstić information content (AvgIpc) is 2.91. The maximum absolute atomic E-state index is 11.9. The number of methoxy groups -OCH3 is 1. The van der Waals surface area contributed by atoms with Gasteiger partial charge in [-0.15, -0.1) is 0 Å². The van der Waals surface area contributed by atoms with Gasteiger partial charge in [0.25, 0.3) is 0 Å². The molecule has 0 spiro atoms. The van der Waals surface area contributed by atoms with E-state index in [9.17, 15) is 9.59 Å². The first-order valence-corrected chi connectivity index (χ1v) is 6.81. The third kappa shape index (κ3) is 3.16. The molecule has 1 amide bonds. The van der Waals surface area contributed by atoms with Crippen molar-refractivity contribution in [2.75, 3.05) is 19.9 Å². The van der Waals surface area contributed by atoms with Crippen molar-refractivity contribution in [3.63, 3.8) is 0 Å². The van der Waals surface area contributed by atoms with E-state index in [2.05, 4.69) is 5.32 Å². The van der Waals surface area contributed by atoms with E-state index in [-0.39, 0.29) is 29.3 Å². The molecule has 0 bridgehead atoms. The van der Waals surface area contributed by atoms with E-state index in [0.29, 0.717) is 5.69 Å². The molecule has 7 heteroatoms. The van der Waals surface area contributed by atoms with Crippen molar-refractivity contribution < 1.29 is 14.3 Å². The highest BCUT2D eigenvalue weighted by molar-refractivity contribution is 5.95. The Morgan fingerprint density at radius 2 is 2.00 bits per heavy atom. The summed E-state index contributed by atoms with van der Waals surface area (Å²) < 4.78 is 6.23. The van der Waals surface area contributed by atoms with E-state index >= 15 is 0 Å². The Hall–Kier alpha value is -3.27. The van der Waals surface area contributed by atoms with Crippen molar-refractivity contribution in [1.82, 2.24) is 9.88 Å². The third-order valence-corrected chi connectivity index (χ3v) is 3.40. The van der Waals surface area contributed by atoms with Crippen molar-refractivity contribution in [3.05, 3.63) is 47.3 Å². The van der Waals surface area contributed by atoms with Crippen molar-refractivity contribution >= 4 is 17.6 Å². The number of nitrogens with one attached hydrogen (secondary N) is 1. The monoisotopic (exact) mass is 312 g/mol. The van der Waals surface area contributed by atoms with Gasteiger partial charge in [0, 0.05) is 18.9 Å². The van der Waals surface area contributed by atoms with E-state index in [1.165, 1.54) is 17.9 Å². The minimum atomic E-state index is -0.626. The number of aromatic nitrogens is 1. The van der Waals surface area contributed by atoms with E-state index in [1.54, 1.807) is 31.3 Å². The molecule has 0 aliphatic heterocycles. The number of likely N-dealkylation sites (N-methyl/N-ethyl adjacent to an activating group) is 1. The number of esters is 1. The predicted molar refractivity (Wildman–Crippen MR) is 84.0 cm³/mol. The summed E-state index contributed by atoms with van der Waals surface area (Å²) in [5, 5.41) is 11.6. The van der Waals surface area contributed by atoms with Crippen LogP contribution in [0.1, 0.15) is 21.6 Å². The Bertz CT molecular complexity index is 785. The van der Waals surface area contributed by atoms with Crippen molar-refractivity contribution in [3.8, 4) is 11.8 Å². The predicted octanol–water partition coefficient (Wildman–Crippen LogP) is 1.01. The van der Waals surface area contributed by atoms with Crippen LogP contribution in [0, 0.1) is 11.3 Å². The zero-order valence-electron chi connectivity index (χ0n) is 12.8. The number of hydrogen-bond acceptors (Lipinski definition) is 5. The number of hydrogen-bond donors (Lipinski definition) is 2. The number of nitriles is 1. The Morgan fingerprint density at radius 3 is 2.52 bits per heavy atom. The van der Waals surface area contributed by atoms with Crippen LogP contribution in [-0.4, -0.2) is 30.6 Å². The second-order valence-electron chi connectivity index (χ2n) is 4.79. The second-order valence-corrected chi connectivity index (χ2v) is 4.79. The lowest BCUT2D eigenvalue weighted by molar-refractivity contribution is -0.119. The Labute approximate surface area is 133 Å². The van der Waals surface area contributed by atoms with Crippen molar-refractivity contribution in [2.45, 2.75) is 6.42 Å². The molecule has 7 nitrogen and oxygen atoms in total. The summed E-state index contributed by atoms with van der Waals surface area (Å²) in [6.45, 7) is 0. The minimum absolute atomic E-state index is 0.0776. The SMILES string of the molecule is CNC(=O)Cc1ccc(-n2cc(C#N)c(N)c2C(=O)OC)cc1. The zero-order chi connectivity index (χ0) is 17.0. The van der Waals surface area contributed by atoms with Crippen LogP contribution >= 0.6 is 0 Å².